The second-order valence-electron chi connectivity index (χ2n) is 9.89. The van der Waals surface area contributed by atoms with Crippen molar-refractivity contribution in [2.75, 3.05) is 19.7 Å². The van der Waals surface area contributed by atoms with E-state index in [4.69, 9.17) is 4.74 Å². The SMILES string of the molecule is CC[C@H](C)N(CC(=O)N1CCc2sccc2[C@H]1COc1ccc(C(C)C)cc1)C(=O)c1cccc(F)c1. The van der Waals surface area contributed by atoms with Gasteiger partial charge in [-0.05, 0) is 78.6 Å². The lowest BCUT2D eigenvalue weighted by molar-refractivity contribution is -0.136. The summed E-state index contributed by atoms with van der Waals surface area (Å²) in [6.45, 7) is 9.03. The van der Waals surface area contributed by atoms with Gasteiger partial charge in [0.2, 0.25) is 5.91 Å². The van der Waals surface area contributed by atoms with Gasteiger partial charge in [0, 0.05) is 23.0 Å². The Morgan fingerprint density at radius 2 is 1.89 bits per heavy atom. The van der Waals surface area contributed by atoms with Gasteiger partial charge in [0.05, 0.1) is 6.04 Å². The fourth-order valence-corrected chi connectivity index (χ4v) is 5.60. The van der Waals surface area contributed by atoms with Gasteiger partial charge in [-0.15, -0.1) is 11.3 Å². The predicted octanol–water partition coefficient (Wildman–Crippen LogP) is 6.46. The fraction of sp³-hybridized carbons (Fsp3) is 0.400. The molecule has 37 heavy (non-hydrogen) atoms. The van der Waals surface area contributed by atoms with Crippen LogP contribution in [0.3, 0.4) is 0 Å². The van der Waals surface area contributed by atoms with Crippen LogP contribution in [0.2, 0.25) is 0 Å². The molecule has 0 saturated carbocycles. The molecular formula is C30H35FN2O3S. The van der Waals surface area contributed by atoms with E-state index in [0.29, 0.717) is 25.5 Å². The molecule has 0 fully saturated rings. The summed E-state index contributed by atoms with van der Waals surface area (Å²) in [6.07, 6.45) is 1.46. The highest BCUT2D eigenvalue weighted by Crippen LogP contribution is 2.34. The third-order valence-electron chi connectivity index (χ3n) is 7.13. The Kier molecular flexibility index (Phi) is 8.64. The number of amides is 2. The minimum absolute atomic E-state index is 0.0661. The number of hydrogen-bond donors (Lipinski definition) is 0. The van der Waals surface area contributed by atoms with Crippen molar-refractivity contribution in [3.63, 3.8) is 0 Å². The third-order valence-corrected chi connectivity index (χ3v) is 8.13. The Bertz CT molecular complexity index is 1220. The summed E-state index contributed by atoms with van der Waals surface area (Å²) in [5.41, 5.74) is 2.60. The van der Waals surface area contributed by atoms with Crippen molar-refractivity contribution in [2.24, 2.45) is 0 Å². The molecule has 1 aliphatic heterocycles. The normalized spacial score (nSPS) is 15.8. The van der Waals surface area contributed by atoms with Crippen molar-refractivity contribution in [1.82, 2.24) is 9.80 Å². The van der Waals surface area contributed by atoms with Gasteiger partial charge in [-0.2, -0.15) is 0 Å². The summed E-state index contributed by atoms with van der Waals surface area (Å²) in [5, 5.41) is 2.06. The van der Waals surface area contributed by atoms with Crippen LogP contribution in [0.25, 0.3) is 0 Å². The van der Waals surface area contributed by atoms with Crippen LogP contribution in [0.4, 0.5) is 4.39 Å². The molecule has 7 heteroatoms. The lowest BCUT2D eigenvalue weighted by atomic mass is 10.00. The molecule has 0 spiro atoms. The van der Waals surface area contributed by atoms with E-state index in [1.165, 1.54) is 28.6 Å². The van der Waals surface area contributed by atoms with Crippen molar-refractivity contribution in [3.05, 3.63) is 87.4 Å². The summed E-state index contributed by atoms with van der Waals surface area (Å²) >= 11 is 1.70. The van der Waals surface area contributed by atoms with Crippen molar-refractivity contribution >= 4 is 23.2 Å². The number of nitrogens with zero attached hydrogens (tertiary/aromatic N) is 2. The molecule has 0 radical (unpaired) electrons. The smallest absolute Gasteiger partial charge is 0.254 e. The maximum atomic E-state index is 13.8. The highest BCUT2D eigenvalue weighted by molar-refractivity contribution is 7.10. The first-order valence-electron chi connectivity index (χ1n) is 12.9. The Morgan fingerprint density at radius 1 is 1.14 bits per heavy atom. The van der Waals surface area contributed by atoms with Gasteiger partial charge in [0.15, 0.2) is 0 Å². The van der Waals surface area contributed by atoms with Gasteiger partial charge in [-0.1, -0.05) is 39.0 Å². The molecular weight excluding hydrogens is 487 g/mol. The highest BCUT2D eigenvalue weighted by atomic mass is 32.1. The second kappa shape index (κ2) is 11.9. The molecule has 0 aliphatic carbocycles. The number of benzene rings is 2. The molecule has 0 saturated heterocycles. The molecule has 0 bridgehead atoms. The first-order chi connectivity index (χ1) is 17.8. The Balaban J connectivity index is 1.53. The molecule has 2 amide bonds. The van der Waals surface area contributed by atoms with Crippen LogP contribution < -0.4 is 4.74 Å². The maximum Gasteiger partial charge on any atom is 0.254 e. The van der Waals surface area contributed by atoms with Crippen LogP contribution in [-0.2, 0) is 11.2 Å². The molecule has 0 unspecified atom stereocenters. The lowest BCUT2D eigenvalue weighted by Gasteiger charge is -2.38. The van der Waals surface area contributed by atoms with Crippen LogP contribution >= 0.6 is 11.3 Å². The highest BCUT2D eigenvalue weighted by Gasteiger charge is 2.34. The molecule has 1 aliphatic rings. The van der Waals surface area contributed by atoms with Gasteiger partial charge in [0.25, 0.3) is 5.91 Å². The molecule has 2 atom stereocenters. The third kappa shape index (κ3) is 6.21. The maximum absolute atomic E-state index is 13.8. The van der Waals surface area contributed by atoms with E-state index in [0.717, 1.165) is 17.7 Å². The topological polar surface area (TPSA) is 49.9 Å². The molecule has 5 nitrogen and oxygen atoms in total. The van der Waals surface area contributed by atoms with E-state index >= 15 is 0 Å². The molecule has 3 aromatic rings. The lowest BCUT2D eigenvalue weighted by Crippen LogP contribution is -2.49. The zero-order valence-corrected chi connectivity index (χ0v) is 22.8. The number of ether oxygens (including phenoxy) is 1. The van der Waals surface area contributed by atoms with Crippen LogP contribution in [0.1, 0.15) is 72.4 Å². The summed E-state index contributed by atoms with van der Waals surface area (Å²) < 4.78 is 20.0. The Morgan fingerprint density at radius 3 is 2.57 bits per heavy atom. The fourth-order valence-electron chi connectivity index (χ4n) is 4.67. The monoisotopic (exact) mass is 522 g/mol. The van der Waals surface area contributed by atoms with Gasteiger partial charge >= 0.3 is 0 Å². The zero-order chi connectivity index (χ0) is 26.5. The van der Waals surface area contributed by atoms with Crippen molar-refractivity contribution < 1.29 is 18.7 Å². The molecule has 196 valence electrons. The largest absolute Gasteiger partial charge is 0.491 e. The number of thiophene rings is 1. The van der Waals surface area contributed by atoms with E-state index in [2.05, 4.69) is 37.4 Å². The standard InChI is InChI=1S/C30H35FN2O3S/c1-5-21(4)33(30(35)23-7-6-8-24(31)17-23)18-29(34)32-15-13-28-26(14-16-37-28)27(32)19-36-25-11-9-22(10-12-25)20(2)3/h6-12,14,16-17,20-21,27H,5,13,15,18-19H2,1-4H3/t21-,27+/m0/s1. The first-order valence-corrected chi connectivity index (χ1v) is 13.8. The van der Waals surface area contributed by atoms with E-state index in [-0.39, 0.29) is 36.0 Å². The van der Waals surface area contributed by atoms with Gasteiger partial charge < -0.3 is 14.5 Å². The quantitative estimate of drug-likeness (QED) is 0.324. The Labute approximate surface area is 222 Å². The van der Waals surface area contributed by atoms with Crippen molar-refractivity contribution in [3.8, 4) is 5.75 Å². The first kappa shape index (κ1) is 26.9. The van der Waals surface area contributed by atoms with Crippen LogP contribution in [0.5, 0.6) is 5.75 Å². The minimum Gasteiger partial charge on any atom is -0.491 e. The van der Waals surface area contributed by atoms with Crippen LogP contribution in [0, 0.1) is 5.82 Å². The predicted molar refractivity (Wildman–Crippen MR) is 146 cm³/mol. The molecule has 1 aromatic heterocycles. The second-order valence-corrected chi connectivity index (χ2v) is 10.9. The number of rotatable bonds is 9. The molecule has 0 N–H and O–H groups in total. The number of carbonyl (C=O) groups excluding carboxylic acids is 2. The van der Waals surface area contributed by atoms with Crippen molar-refractivity contribution in [2.45, 2.75) is 58.5 Å². The summed E-state index contributed by atoms with van der Waals surface area (Å²) in [5.74, 6) is 0.263. The number of hydrogen-bond acceptors (Lipinski definition) is 4. The number of fused-ring (bicyclic) bond motifs is 1. The number of halogens is 1. The zero-order valence-electron chi connectivity index (χ0n) is 21.9. The van der Waals surface area contributed by atoms with E-state index in [1.54, 1.807) is 22.3 Å². The molecule has 4 rings (SSSR count). The van der Waals surface area contributed by atoms with Crippen LogP contribution in [-0.4, -0.2) is 47.4 Å². The average molecular weight is 523 g/mol. The van der Waals surface area contributed by atoms with Gasteiger partial charge in [0.1, 0.15) is 24.7 Å². The van der Waals surface area contributed by atoms with Crippen molar-refractivity contribution in [1.29, 1.82) is 0 Å². The molecule has 2 aromatic carbocycles. The summed E-state index contributed by atoms with van der Waals surface area (Å²) in [7, 11) is 0. The number of carbonyl (C=O) groups is 2. The average Bonchev–Trinajstić information content (AvgIpc) is 3.39. The van der Waals surface area contributed by atoms with Gasteiger partial charge in [-0.25, -0.2) is 4.39 Å². The Hall–Kier alpha value is -3.19. The van der Waals surface area contributed by atoms with E-state index < -0.39 is 5.82 Å². The minimum atomic E-state index is -0.471. The van der Waals surface area contributed by atoms with Crippen LogP contribution in [0.15, 0.2) is 60.0 Å². The molecule has 2 heterocycles. The van der Waals surface area contributed by atoms with E-state index in [9.17, 15) is 14.0 Å². The summed E-state index contributed by atoms with van der Waals surface area (Å²) in [4.78, 5) is 31.7. The summed E-state index contributed by atoms with van der Waals surface area (Å²) in [6, 6.07) is 15.4. The van der Waals surface area contributed by atoms with E-state index in [1.807, 2.05) is 30.9 Å². The van der Waals surface area contributed by atoms with Gasteiger partial charge in [-0.3, -0.25) is 9.59 Å².